The summed E-state index contributed by atoms with van der Waals surface area (Å²) >= 11 is 5.85. The molecule has 134 valence electrons. The van der Waals surface area contributed by atoms with Gasteiger partial charge < -0.3 is 9.47 Å². The highest BCUT2D eigenvalue weighted by Crippen LogP contribution is 2.26. The molecule has 0 atom stereocenters. The molecule has 0 saturated carbocycles. The molecule has 0 aliphatic carbocycles. The minimum absolute atomic E-state index is 0.0369. The van der Waals surface area contributed by atoms with E-state index in [1.807, 2.05) is 6.92 Å². The maximum atomic E-state index is 13.0. The van der Waals surface area contributed by atoms with Crippen molar-refractivity contribution in [3.8, 4) is 5.75 Å². The molecular formula is C17H18ClNO5S. The number of ether oxygens (including phenoxy) is 2. The van der Waals surface area contributed by atoms with Gasteiger partial charge in [0.25, 0.3) is 10.0 Å². The first-order valence-corrected chi connectivity index (χ1v) is 9.28. The Balaban J connectivity index is 2.43. The van der Waals surface area contributed by atoms with Crippen LogP contribution in [0.5, 0.6) is 5.75 Å². The van der Waals surface area contributed by atoms with Gasteiger partial charge >= 0.3 is 5.97 Å². The molecule has 2 aromatic rings. The maximum Gasteiger partial charge on any atom is 0.326 e. The summed E-state index contributed by atoms with van der Waals surface area (Å²) in [4.78, 5) is 11.7. The number of benzene rings is 2. The van der Waals surface area contributed by atoms with E-state index < -0.39 is 22.5 Å². The van der Waals surface area contributed by atoms with Crippen LogP contribution in [0.3, 0.4) is 0 Å². The second-order valence-electron chi connectivity index (χ2n) is 4.97. The summed E-state index contributed by atoms with van der Waals surface area (Å²) in [5.74, 6) is -0.114. The fraction of sp³-hybridized carbons (Fsp3) is 0.235. The van der Waals surface area contributed by atoms with Gasteiger partial charge in [0.05, 0.1) is 24.3 Å². The van der Waals surface area contributed by atoms with Gasteiger partial charge in [-0.05, 0) is 55.5 Å². The monoisotopic (exact) mass is 383 g/mol. The summed E-state index contributed by atoms with van der Waals surface area (Å²) < 4.78 is 36.9. The molecule has 0 bridgehead atoms. The molecular weight excluding hydrogens is 366 g/mol. The van der Waals surface area contributed by atoms with Crippen molar-refractivity contribution in [1.29, 1.82) is 0 Å². The molecule has 25 heavy (non-hydrogen) atoms. The molecule has 0 fully saturated rings. The zero-order valence-electron chi connectivity index (χ0n) is 13.8. The Labute approximate surface area is 152 Å². The standard InChI is InChI=1S/C17H18ClNO5S/c1-3-24-15-8-10-16(11-9-15)25(21,22)19(12-17(20)23-2)14-6-4-13(18)5-7-14/h4-11H,3,12H2,1-2H3. The number of anilines is 1. The minimum Gasteiger partial charge on any atom is -0.494 e. The Morgan fingerprint density at radius 3 is 2.20 bits per heavy atom. The molecule has 0 spiro atoms. The molecule has 0 N–H and O–H groups in total. The number of esters is 1. The van der Waals surface area contributed by atoms with Gasteiger partial charge in [0, 0.05) is 5.02 Å². The largest absolute Gasteiger partial charge is 0.494 e. The fourth-order valence-corrected chi connectivity index (χ4v) is 3.64. The first kappa shape index (κ1) is 19.1. The third-order valence-corrected chi connectivity index (χ3v) is 5.38. The molecule has 0 aromatic heterocycles. The molecule has 0 saturated heterocycles. The molecule has 0 aliphatic heterocycles. The SMILES string of the molecule is CCOc1ccc(S(=O)(=O)N(CC(=O)OC)c2ccc(Cl)cc2)cc1. The number of hydrogen-bond acceptors (Lipinski definition) is 5. The zero-order chi connectivity index (χ0) is 18.4. The Kier molecular flexibility index (Phi) is 6.27. The summed E-state index contributed by atoms with van der Waals surface area (Å²) in [6, 6.07) is 12.1. The van der Waals surface area contributed by atoms with Gasteiger partial charge in [0.1, 0.15) is 12.3 Å². The predicted octanol–water partition coefficient (Wildman–Crippen LogP) is 3.11. The van der Waals surface area contributed by atoms with Gasteiger partial charge in [0.2, 0.25) is 0 Å². The number of carbonyl (C=O) groups excluding carboxylic acids is 1. The van der Waals surface area contributed by atoms with Crippen molar-refractivity contribution < 1.29 is 22.7 Å². The van der Waals surface area contributed by atoms with Gasteiger partial charge in [-0.2, -0.15) is 0 Å². The molecule has 0 radical (unpaired) electrons. The van der Waals surface area contributed by atoms with Crippen molar-refractivity contribution in [1.82, 2.24) is 0 Å². The van der Waals surface area contributed by atoms with E-state index in [2.05, 4.69) is 4.74 Å². The van der Waals surface area contributed by atoms with Crippen LogP contribution < -0.4 is 9.04 Å². The van der Waals surface area contributed by atoms with E-state index in [4.69, 9.17) is 16.3 Å². The van der Waals surface area contributed by atoms with E-state index in [-0.39, 0.29) is 4.90 Å². The van der Waals surface area contributed by atoms with Crippen LogP contribution in [0.1, 0.15) is 6.92 Å². The first-order chi connectivity index (χ1) is 11.9. The molecule has 2 rings (SSSR count). The average molecular weight is 384 g/mol. The lowest BCUT2D eigenvalue weighted by Crippen LogP contribution is -2.36. The molecule has 0 amide bonds. The molecule has 0 heterocycles. The van der Waals surface area contributed by atoms with Crippen molar-refractivity contribution in [3.05, 3.63) is 53.6 Å². The van der Waals surface area contributed by atoms with Crippen molar-refractivity contribution in [2.24, 2.45) is 0 Å². The van der Waals surface area contributed by atoms with Crippen molar-refractivity contribution in [3.63, 3.8) is 0 Å². The van der Waals surface area contributed by atoms with Crippen molar-refractivity contribution >= 4 is 33.3 Å². The van der Waals surface area contributed by atoms with E-state index in [0.29, 0.717) is 23.1 Å². The minimum atomic E-state index is -3.97. The fourth-order valence-electron chi connectivity index (χ4n) is 2.11. The second kappa shape index (κ2) is 8.22. The third-order valence-electron chi connectivity index (χ3n) is 3.34. The smallest absolute Gasteiger partial charge is 0.326 e. The number of sulfonamides is 1. The highest BCUT2D eigenvalue weighted by atomic mass is 35.5. The van der Waals surface area contributed by atoms with Gasteiger partial charge in [-0.15, -0.1) is 0 Å². The van der Waals surface area contributed by atoms with Gasteiger partial charge in [-0.1, -0.05) is 11.6 Å². The van der Waals surface area contributed by atoms with E-state index in [1.165, 1.54) is 31.4 Å². The number of methoxy groups -OCH3 is 1. The van der Waals surface area contributed by atoms with Crippen molar-refractivity contribution in [2.45, 2.75) is 11.8 Å². The number of carbonyl (C=O) groups is 1. The van der Waals surface area contributed by atoms with Gasteiger partial charge in [-0.3, -0.25) is 9.10 Å². The number of halogens is 1. The lowest BCUT2D eigenvalue weighted by molar-refractivity contribution is -0.138. The summed E-state index contributed by atoms with van der Waals surface area (Å²) in [5, 5.41) is 0.459. The third kappa shape index (κ3) is 4.64. The molecule has 0 aliphatic rings. The van der Waals surface area contributed by atoms with E-state index >= 15 is 0 Å². The van der Waals surface area contributed by atoms with E-state index in [9.17, 15) is 13.2 Å². The van der Waals surface area contributed by atoms with Crippen LogP contribution in [0.4, 0.5) is 5.69 Å². The number of rotatable bonds is 7. The van der Waals surface area contributed by atoms with Gasteiger partial charge in [0.15, 0.2) is 0 Å². The van der Waals surface area contributed by atoms with E-state index in [1.54, 1.807) is 24.3 Å². The Morgan fingerprint density at radius 1 is 1.08 bits per heavy atom. The maximum absolute atomic E-state index is 13.0. The molecule has 0 unspecified atom stereocenters. The predicted molar refractivity (Wildman–Crippen MR) is 95.6 cm³/mol. The Morgan fingerprint density at radius 2 is 1.68 bits per heavy atom. The van der Waals surface area contributed by atoms with Crippen LogP contribution in [0, 0.1) is 0 Å². The normalized spacial score (nSPS) is 11.0. The summed E-state index contributed by atoms with van der Waals surface area (Å²) in [6.45, 7) is 1.86. The highest BCUT2D eigenvalue weighted by Gasteiger charge is 2.27. The van der Waals surface area contributed by atoms with Crippen LogP contribution in [-0.4, -0.2) is 34.6 Å². The van der Waals surface area contributed by atoms with Crippen LogP contribution in [0.25, 0.3) is 0 Å². The summed E-state index contributed by atoms with van der Waals surface area (Å²) in [5.41, 5.74) is 0.309. The van der Waals surface area contributed by atoms with Crippen LogP contribution >= 0.6 is 11.6 Å². The van der Waals surface area contributed by atoms with Crippen LogP contribution in [-0.2, 0) is 19.6 Å². The molecule has 8 heteroatoms. The topological polar surface area (TPSA) is 72.9 Å². The first-order valence-electron chi connectivity index (χ1n) is 7.46. The van der Waals surface area contributed by atoms with E-state index in [0.717, 1.165) is 4.31 Å². The van der Waals surface area contributed by atoms with Gasteiger partial charge in [-0.25, -0.2) is 8.42 Å². The Bertz CT molecular complexity index is 819. The average Bonchev–Trinajstić information content (AvgIpc) is 2.61. The summed E-state index contributed by atoms with van der Waals surface area (Å²) in [6.07, 6.45) is 0. The quantitative estimate of drug-likeness (QED) is 0.687. The number of nitrogens with zero attached hydrogens (tertiary/aromatic N) is 1. The van der Waals surface area contributed by atoms with Crippen LogP contribution in [0.15, 0.2) is 53.4 Å². The van der Waals surface area contributed by atoms with Crippen molar-refractivity contribution in [2.75, 3.05) is 24.6 Å². The number of hydrogen-bond donors (Lipinski definition) is 0. The molecule has 6 nitrogen and oxygen atoms in total. The Hall–Kier alpha value is -2.25. The zero-order valence-corrected chi connectivity index (χ0v) is 15.4. The second-order valence-corrected chi connectivity index (χ2v) is 7.27. The molecule has 2 aromatic carbocycles. The lowest BCUT2D eigenvalue weighted by Gasteiger charge is -2.23. The lowest BCUT2D eigenvalue weighted by atomic mass is 10.3. The highest BCUT2D eigenvalue weighted by molar-refractivity contribution is 7.92. The summed E-state index contributed by atoms with van der Waals surface area (Å²) in [7, 11) is -2.77. The van der Waals surface area contributed by atoms with Crippen LogP contribution in [0.2, 0.25) is 5.02 Å².